The van der Waals surface area contributed by atoms with Crippen LogP contribution >= 0.6 is 10.8 Å². The van der Waals surface area contributed by atoms with E-state index in [2.05, 4.69) is 13.5 Å². The Labute approximate surface area is 166 Å². The third kappa shape index (κ3) is 4.88. The second kappa shape index (κ2) is 8.30. The molecule has 0 bridgehead atoms. The van der Waals surface area contributed by atoms with Gasteiger partial charge in [0, 0.05) is 37.6 Å². The Bertz CT molecular complexity index is 634. The maximum Gasteiger partial charge on any atom is 0.267 e. The molecular weight excluding hydrogens is 390 g/mol. The molecule has 9 heteroatoms. The molecule has 2 heterocycles. The molecule has 7 nitrogen and oxygen atoms in total. The van der Waals surface area contributed by atoms with Gasteiger partial charge in [-0.1, -0.05) is 26.0 Å². The van der Waals surface area contributed by atoms with E-state index in [0.29, 0.717) is 37.6 Å². The fourth-order valence-corrected chi connectivity index (χ4v) is 7.12. The van der Waals surface area contributed by atoms with Gasteiger partial charge in [-0.05, 0) is 49.3 Å². The lowest BCUT2D eigenvalue weighted by atomic mass is 9.76. The summed E-state index contributed by atoms with van der Waals surface area (Å²) in [6.07, 6.45) is 4.35. The smallest absolute Gasteiger partial charge is 0.200 e. The van der Waals surface area contributed by atoms with Crippen LogP contribution in [-0.4, -0.2) is 43.1 Å². The molecule has 27 heavy (non-hydrogen) atoms. The van der Waals surface area contributed by atoms with E-state index in [1.807, 2.05) is 13.8 Å². The molecule has 0 aromatic rings. The molecule has 1 aliphatic carbocycles. The van der Waals surface area contributed by atoms with Crippen LogP contribution in [0.1, 0.15) is 59.3 Å². The molecule has 2 saturated heterocycles. The third-order valence-corrected chi connectivity index (χ3v) is 9.45. The fourth-order valence-electron chi connectivity index (χ4n) is 3.94. The quantitative estimate of drug-likeness (QED) is 0.380. The number of hydrogen-bond acceptors (Lipinski definition) is 7. The van der Waals surface area contributed by atoms with Crippen molar-refractivity contribution in [2.24, 2.45) is 11.8 Å². The average Bonchev–Trinajstić information content (AvgIpc) is 2.63. The highest BCUT2D eigenvalue weighted by Gasteiger charge is 2.52. The van der Waals surface area contributed by atoms with Crippen molar-refractivity contribution >= 4 is 19.8 Å². The molecule has 0 amide bonds. The van der Waals surface area contributed by atoms with Gasteiger partial charge in [-0.15, -0.1) is 0 Å². The molecule has 2 aliphatic heterocycles. The Morgan fingerprint density at radius 3 is 2.37 bits per heavy atom. The van der Waals surface area contributed by atoms with E-state index in [9.17, 15) is 8.42 Å². The minimum atomic E-state index is -3.31. The minimum absolute atomic E-state index is 0.108. The number of nitrogens with zero attached hydrogens (tertiary/aromatic N) is 1. The van der Waals surface area contributed by atoms with Crippen molar-refractivity contribution in [3.8, 4) is 0 Å². The predicted octanol–water partition coefficient (Wildman–Crippen LogP) is 3.79. The molecule has 0 aromatic carbocycles. The van der Waals surface area contributed by atoms with Crippen LogP contribution in [0.3, 0.4) is 0 Å². The van der Waals surface area contributed by atoms with Gasteiger partial charge in [0.05, 0.1) is 0 Å². The van der Waals surface area contributed by atoms with Gasteiger partial charge in [-0.2, -0.15) is 23.9 Å². The van der Waals surface area contributed by atoms with Crippen LogP contribution in [0, 0.1) is 11.8 Å². The van der Waals surface area contributed by atoms with Crippen molar-refractivity contribution in [2.45, 2.75) is 70.9 Å². The van der Waals surface area contributed by atoms with Gasteiger partial charge in [-0.25, -0.2) is 8.42 Å². The second-order valence-electron chi connectivity index (χ2n) is 8.13. The average molecular weight is 422 g/mol. The lowest BCUT2D eigenvalue weighted by Crippen LogP contribution is -2.57. The highest BCUT2D eigenvalue weighted by atomic mass is 33.1. The van der Waals surface area contributed by atoms with Crippen LogP contribution in [0.15, 0.2) is 12.2 Å². The van der Waals surface area contributed by atoms with Gasteiger partial charge in [0.25, 0.3) is 9.06 Å². The van der Waals surface area contributed by atoms with E-state index < -0.39 is 20.6 Å². The van der Waals surface area contributed by atoms with E-state index in [-0.39, 0.29) is 5.92 Å². The van der Waals surface area contributed by atoms with E-state index in [4.69, 9.17) is 19.6 Å². The van der Waals surface area contributed by atoms with Crippen LogP contribution < -0.4 is 0 Å². The second-order valence-corrected chi connectivity index (χ2v) is 12.1. The predicted molar refractivity (Wildman–Crippen MR) is 104 cm³/mol. The number of allylic oxidation sites excluding steroid dienone is 1. The minimum Gasteiger partial charge on any atom is -0.200 e. The van der Waals surface area contributed by atoms with Crippen molar-refractivity contribution in [2.75, 3.05) is 18.8 Å². The summed E-state index contributed by atoms with van der Waals surface area (Å²) in [5.41, 5.74) is 1.19. The molecule has 3 rings (SSSR count). The maximum absolute atomic E-state index is 12.3. The molecule has 0 radical (unpaired) electrons. The largest absolute Gasteiger partial charge is 0.267 e. The first-order valence-corrected chi connectivity index (χ1v) is 12.7. The maximum atomic E-state index is 12.3. The molecule has 2 unspecified atom stereocenters. The van der Waals surface area contributed by atoms with Crippen molar-refractivity contribution < 1.29 is 28.0 Å². The molecule has 0 aromatic heterocycles. The Hall–Kier alpha value is -0.160. The summed E-state index contributed by atoms with van der Waals surface area (Å²) in [7, 11) is -2.32. The van der Waals surface area contributed by atoms with E-state index in [0.717, 1.165) is 36.5 Å². The topological polar surface area (TPSA) is 74.3 Å². The molecular formula is C18H31NO6S2. The van der Waals surface area contributed by atoms with E-state index in [1.54, 1.807) is 0 Å². The van der Waals surface area contributed by atoms with Crippen molar-refractivity contribution in [3.05, 3.63) is 12.2 Å². The summed E-state index contributed by atoms with van der Waals surface area (Å²) in [4.78, 5) is 22.8. The SMILES string of the molecule is C=C1CC(C)CC(C2(C)OOC3(CCN(S(=O)(=O)SCCC)CC3)OO2)C1. The first-order valence-electron chi connectivity index (χ1n) is 9.73. The van der Waals surface area contributed by atoms with Crippen LogP contribution in [-0.2, 0) is 28.6 Å². The lowest BCUT2D eigenvalue weighted by Gasteiger charge is -2.48. The number of rotatable bonds is 5. The summed E-state index contributed by atoms with van der Waals surface area (Å²) in [6.45, 7) is 10.7. The molecule has 3 aliphatic rings. The number of hydrogen-bond donors (Lipinski definition) is 0. The van der Waals surface area contributed by atoms with Crippen LogP contribution in [0.5, 0.6) is 0 Å². The van der Waals surface area contributed by atoms with Gasteiger partial charge in [-0.3, -0.25) is 0 Å². The molecule has 156 valence electrons. The fraction of sp³-hybridized carbons (Fsp3) is 0.889. The standard InChI is InChI=1S/C18H31NO6S2/c1-5-10-26-27(20,21)19-8-6-18(7-9-19)24-22-17(4,23-25-18)16-12-14(2)11-15(3)13-16/h15-16H,2,5-13H2,1,3-4H3. The van der Waals surface area contributed by atoms with Gasteiger partial charge in [0.1, 0.15) is 0 Å². The highest BCUT2D eigenvalue weighted by Crippen LogP contribution is 2.45. The van der Waals surface area contributed by atoms with Gasteiger partial charge in [0.2, 0.25) is 11.6 Å². The van der Waals surface area contributed by atoms with Crippen LogP contribution in [0.4, 0.5) is 0 Å². The van der Waals surface area contributed by atoms with E-state index in [1.165, 1.54) is 9.88 Å². The third-order valence-electron chi connectivity index (χ3n) is 5.56. The van der Waals surface area contributed by atoms with Gasteiger partial charge in [0.15, 0.2) is 0 Å². The Morgan fingerprint density at radius 1 is 1.19 bits per heavy atom. The lowest BCUT2D eigenvalue weighted by molar-refractivity contribution is -0.663. The Balaban J connectivity index is 1.56. The normalized spacial score (nSPS) is 31.9. The van der Waals surface area contributed by atoms with E-state index >= 15 is 0 Å². The van der Waals surface area contributed by atoms with Gasteiger partial charge < -0.3 is 0 Å². The summed E-state index contributed by atoms with van der Waals surface area (Å²) >= 11 is 0. The first-order chi connectivity index (χ1) is 12.7. The van der Waals surface area contributed by atoms with Crippen molar-refractivity contribution in [1.29, 1.82) is 0 Å². The number of piperidine rings is 1. The zero-order valence-corrected chi connectivity index (χ0v) is 18.1. The molecule has 3 fully saturated rings. The van der Waals surface area contributed by atoms with Gasteiger partial charge >= 0.3 is 0 Å². The summed E-state index contributed by atoms with van der Waals surface area (Å²) in [5, 5.41) is 0. The highest BCUT2D eigenvalue weighted by molar-refractivity contribution is 8.71. The van der Waals surface area contributed by atoms with Crippen LogP contribution in [0.2, 0.25) is 0 Å². The first kappa shape index (κ1) is 21.5. The zero-order chi connectivity index (χ0) is 19.7. The zero-order valence-electron chi connectivity index (χ0n) is 16.4. The molecule has 2 atom stereocenters. The summed E-state index contributed by atoms with van der Waals surface area (Å²) in [5.74, 6) is -0.809. The van der Waals surface area contributed by atoms with Crippen molar-refractivity contribution in [3.63, 3.8) is 0 Å². The monoisotopic (exact) mass is 421 g/mol. The molecule has 1 saturated carbocycles. The summed E-state index contributed by atoms with van der Waals surface area (Å²) < 4.78 is 26.1. The Morgan fingerprint density at radius 2 is 1.81 bits per heavy atom. The summed E-state index contributed by atoms with van der Waals surface area (Å²) in [6, 6.07) is 0. The molecule has 0 N–H and O–H groups in total. The van der Waals surface area contributed by atoms with Crippen molar-refractivity contribution in [1.82, 2.24) is 4.31 Å². The van der Waals surface area contributed by atoms with Crippen LogP contribution in [0.25, 0.3) is 0 Å². The Kier molecular flexibility index (Phi) is 6.62. The molecule has 1 spiro atoms.